The number of hydrogen-bond acceptors (Lipinski definition) is 3. The average Bonchev–Trinajstić information content (AvgIpc) is 2.42. The first-order valence-electron chi connectivity index (χ1n) is 6.99. The first kappa shape index (κ1) is 16.8. The standard InChI is InChI=1S/C16H24N2OS/c1-4-12-20-15-9-6-5-8-14(15)18-16(19)10-7-11-17-13(2)3/h4-6,8-9,13,17H,1,7,10-12H2,2-3H3,(H,18,19). The second kappa shape index (κ2) is 9.61. The van der Waals surface area contributed by atoms with Crippen LogP contribution in [-0.4, -0.2) is 24.2 Å². The van der Waals surface area contributed by atoms with Crippen LogP contribution in [0.5, 0.6) is 0 Å². The van der Waals surface area contributed by atoms with Gasteiger partial charge in [-0.2, -0.15) is 0 Å². The van der Waals surface area contributed by atoms with Crippen LogP contribution in [-0.2, 0) is 4.79 Å². The molecule has 0 aliphatic heterocycles. The zero-order chi connectivity index (χ0) is 14.8. The summed E-state index contributed by atoms with van der Waals surface area (Å²) in [6.45, 7) is 8.80. The van der Waals surface area contributed by atoms with Crippen LogP contribution in [0, 0.1) is 0 Å². The molecule has 20 heavy (non-hydrogen) atoms. The third-order valence-corrected chi connectivity index (χ3v) is 3.72. The molecular weight excluding hydrogens is 268 g/mol. The summed E-state index contributed by atoms with van der Waals surface area (Å²) in [7, 11) is 0. The highest BCUT2D eigenvalue weighted by molar-refractivity contribution is 7.99. The number of thioether (sulfide) groups is 1. The Kier molecular flexibility index (Phi) is 8.07. The Bertz CT molecular complexity index is 432. The molecule has 4 heteroatoms. The van der Waals surface area contributed by atoms with Gasteiger partial charge >= 0.3 is 0 Å². The van der Waals surface area contributed by atoms with Crippen LogP contribution in [0.3, 0.4) is 0 Å². The van der Waals surface area contributed by atoms with Gasteiger partial charge in [-0.15, -0.1) is 18.3 Å². The first-order chi connectivity index (χ1) is 9.63. The third-order valence-electron chi connectivity index (χ3n) is 2.65. The van der Waals surface area contributed by atoms with Crippen molar-refractivity contribution in [1.29, 1.82) is 0 Å². The summed E-state index contributed by atoms with van der Waals surface area (Å²) in [4.78, 5) is 13.0. The van der Waals surface area contributed by atoms with Crippen molar-refractivity contribution in [1.82, 2.24) is 5.32 Å². The highest BCUT2D eigenvalue weighted by atomic mass is 32.2. The number of hydrogen-bond donors (Lipinski definition) is 2. The van der Waals surface area contributed by atoms with E-state index < -0.39 is 0 Å². The largest absolute Gasteiger partial charge is 0.325 e. The summed E-state index contributed by atoms with van der Waals surface area (Å²) in [5.41, 5.74) is 0.890. The molecular formula is C16H24N2OS. The van der Waals surface area contributed by atoms with Crippen LogP contribution in [0.15, 0.2) is 41.8 Å². The van der Waals surface area contributed by atoms with Gasteiger partial charge in [0.2, 0.25) is 5.91 Å². The van der Waals surface area contributed by atoms with Gasteiger partial charge in [0.25, 0.3) is 0 Å². The van der Waals surface area contributed by atoms with Gasteiger partial charge in [-0.1, -0.05) is 32.1 Å². The minimum absolute atomic E-state index is 0.0715. The SMILES string of the molecule is C=CCSc1ccccc1NC(=O)CCCNC(C)C. The molecule has 0 saturated carbocycles. The fraction of sp³-hybridized carbons (Fsp3) is 0.438. The minimum Gasteiger partial charge on any atom is -0.325 e. The molecule has 0 unspecified atom stereocenters. The lowest BCUT2D eigenvalue weighted by Crippen LogP contribution is -2.24. The predicted molar refractivity (Wildman–Crippen MR) is 88.4 cm³/mol. The Morgan fingerprint density at radius 1 is 1.40 bits per heavy atom. The molecule has 0 fully saturated rings. The summed E-state index contributed by atoms with van der Waals surface area (Å²) in [6, 6.07) is 8.34. The average molecular weight is 292 g/mol. The number of para-hydroxylation sites is 1. The van der Waals surface area contributed by atoms with Crippen LogP contribution in [0.4, 0.5) is 5.69 Å². The molecule has 0 aliphatic carbocycles. The highest BCUT2D eigenvalue weighted by Crippen LogP contribution is 2.26. The number of amides is 1. The maximum atomic E-state index is 11.9. The molecule has 3 nitrogen and oxygen atoms in total. The maximum Gasteiger partial charge on any atom is 0.224 e. The van der Waals surface area contributed by atoms with Gasteiger partial charge in [-0.05, 0) is 25.1 Å². The number of carbonyl (C=O) groups is 1. The van der Waals surface area contributed by atoms with E-state index in [0.717, 1.165) is 29.3 Å². The molecule has 0 heterocycles. The second-order valence-electron chi connectivity index (χ2n) is 4.86. The molecule has 2 N–H and O–H groups in total. The van der Waals surface area contributed by atoms with E-state index in [1.165, 1.54) is 0 Å². The van der Waals surface area contributed by atoms with Gasteiger partial charge in [0, 0.05) is 23.1 Å². The van der Waals surface area contributed by atoms with E-state index >= 15 is 0 Å². The fourth-order valence-electron chi connectivity index (χ4n) is 1.70. The maximum absolute atomic E-state index is 11.9. The summed E-state index contributed by atoms with van der Waals surface area (Å²) in [5, 5.41) is 6.29. The van der Waals surface area contributed by atoms with Crippen LogP contribution in [0.2, 0.25) is 0 Å². The fourth-order valence-corrected chi connectivity index (χ4v) is 2.44. The van der Waals surface area contributed by atoms with Gasteiger partial charge in [0.15, 0.2) is 0 Å². The van der Waals surface area contributed by atoms with E-state index in [1.54, 1.807) is 11.8 Å². The molecule has 0 atom stereocenters. The van der Waals surface area contributed by atoms with Crippen molar-refractivity contribution in [2.45, 2.75) is 37.6 Å². The van der Waals surface area contributed by atoms with E-state index in [9.17, 15) is 4.79 Å². The van der Waals surface area contributed by atoms with Crippen molar-refractivity contribution < 1.29 is 4.79 Å². The quantitative estimate of drug-likeness (QED) is 0.414. The topological polar surface area (TPSA) is 41.1 Å². The van der Waals surface area contributed by atoms with E-state index in [4.69, 9.17) is 0 Å². The van der Waals surface area contributed by atoms with Crippen molar-refractivity contribution in [3.05, 3.63) is 36.9 Å². The first-order valence-corrected chi connectivity index (χ1v) is 7.98. The molecule has 0 aromatic heterocycles. The number of anilines is 1. The number of benzene rings is 1. The van der Waals surface area contributed by atoms with Crippen molar-refractivity contribution >= 4 is 23.4 Å². The van der Waals surface area contributed by atoms with Crippen LogP contribution < -0.4 is 10.6 Å². The Labute approximate surface area is 126 Å². The summed E-state index contributed by atoms with van der Waals surface area (Å²) in [5.74, 6) is 0.910. The minimum atomic E-state index is 0.0715. The highest BCUT2D eigenvalue weighted by Gasteiger charge is 2.06. The van der Waals surface area contributed by atoms with E-state index in [0.29, 0.717) is 12.5 Å². The van der Waals surface area contributed by atoms with Gasteiger partial charge in [0.1, 0.15) is 0 Å². The lowest BCUT2D eigenvalue weighted by atomic mass is 10.2. The predicted octanol–water partition coefficient (Wildman–Crippen LogP) is 3.68. The summed E-state index contributed by atoms with van der Waals surface area (Å²) >= 11 is 1.68. The molecule has 110 valence electrons. The Balaban J connectivity index is 2.42. The van der Waals surface area contributed by atoms with E-state index in [2.05, 4.69) is 31.1 Å². The normalized spacial score (nSPS) is 10.6. The molecule has 1 aromatic carbocycles. The zero-order valence-electron chi connectivity index (χ0n) is 12.3. The molecule has 0 spiro atoms. The second-order valence-corrected chi connectivity index (χ2v) is 5.92. The lowest BCUT2D eigenvalue weighted by molar-refractivity contribution is -0.116. The van der Waals surface area contributed by atoms with E-state index in [1.807, 2.05) is 30.3 Å². The van der Waals surface area contributed by atoms with Crippen molar-refractivity contribution in [2.75, 3.05) is 17.6 Å². The van der Waals surface area contributed by atoms with Crippen molar-refractivity contribution in [3.63, 3.8) is 0 Å². The van der Waals surface area contributed by atoms with E-state index in [-0.39, 0.29) is 5.91 Å². The Morgan fingerprint density at radius 2 is 2.15 bits per heavy atom. The molecule has 1 amide bonds. The lowest BCUT2D eigenvalue weighted by Gasteiger charge is -2.11. The Morgan fingerprint density at radius 3 is 2.85 bits per heavy atom. The van der Waals surface area contributed by atoms with Crippen LogP contribution in [0.1, 0.15) is 26.7 Å². The van der Waals surface area contributed by atoms with Crippen molar-refractivity contribution in [2.24, 2.45) is 0 Å². The van der Waals surface area contributed by atoms with Gasteiger partial charge < -0.3 is 10.6 Å². The van der Waals surface area contributed by atoms with Gasteiger partial charge in [-0.25, -0.2) is 0 Å². The van der Waals surface area contributed by atoms with Gasteiger partial charge in [0.05, 0.1) is 5.69 Å². The molecule has 0 aliphatic rings. The monoisotopic (exact) mass is 292 g/mol. The molecule has 1 aromatic rings. The number of nitrogens with one attached hydrogen (secondary N) is 2. The molecule has 0 bridgehead atoms. The smallest absolute Gasteiger partial charge is 0.224 e. The zero-order valence-corrected chi connectivity index (χ0v) is 13.1. The molecule has 1 rings (SSSR count). The van der Waals surface area contributed by atoms with Gasteiger partial charge in [-0.3, -0.25) is 4.79 Å². The van der Waals surface area contributed by atoms with Crippen molar-refractivity contribution in [3.8, 4) is 0 Å². The number of carbonyl (C=O) groups excluding carboxylic acids is 1. The molecule has 0 saturated heterocycles. The van der Waals surface area contributed by atoms with Crippen LogP contribution >= 0.6 is 11.8 Å². The Hall–Kier alpha value is -1.26. The molecule has 0 radical (unpaired) electrons. The third kappa shape index (κ3) is 6.78. The summed E-state index contributed by atoms with van der Waals surface area (Å²) in [6.07, 6.45) is 3.26. The number of rotatable bonds is 9. The van der Waals surface area contributed by atoms with Crippen LogP contribution in [0.25, 0.3) is 0 Å². The summed E-state index contributed by atoms with van der Waals surface area (Å²) < 4.78 is 0.